The molecule has 0 spiro atoms. The first-order valence-electron chi connectivity index (χ1n) is 8.01. The summed E-state index contributed by atoms with van der Waals surface area (Å²) in [6.07, 6.45) is 0.952. The van der Waals surface area contributed by atoms with Gasteiger partial charge in [-0.2, -0.15) is 0 Å². The number of nitrogens with zero attached hydrogens (tertiary/aromatic N) is 3. The first-order valence-corrected chi connectivity index (χ1v) is 8.01. The summed E-state index contributed by atoms with van der Waals surface area (Å²) in [6.45, 7) is 2.27. The molecule has 24 heavy (non-hydrogen) atoms. The topological polar surface area (TPSA) is 72.4 Å². The van der Waals surface area contributed by atoms with Crippen molar-refractivity contribution in [2.45, 2.75) is 18.9 Å². The molecule has 3 aromatic rings. The molecule has 4 rings (SSSR count). The molecular formula is C18H17N3O3. The number of likely N-dealkylation sites (tertiary alicyclic amines) is 1. The zero-order valence-electron chi connectivity index (χ0n) is 13.1. The van der Waals surface area contributed by atoms with Gasteiger partial charge in [0.25, 0.3) is 5.69 Å². The van der Waals surface area contributed by atoms with Gasteiger partial charge in [0.1, 0.15) is 5.52 Å². The first kappa shape index (κ1) is 14.8. The molecule has 6 nitrogen and oxygen atoms in total. The van der Waals surface area contributed by atoms with Gasteiger partial charge in [-0.25, -0.2) is 4.98 Å². The number of nitro groups is 1. The van der Waals surface area contributed by atoms with Crippen LogP contribution in [0.4, 0.5) is 5.69 Å². The average molecular weight is 323 g/mol. The van der Waals surface area contributed by atoms with Crippen molar-refractivity contribution < 1.29 is 9.34 Å². The zero-order valence-corrected chi connectivity index (χ0v) is 13.1. The Bertz CT molecular complexity index is 857. The molecular weight excluding hydrogens is 306 g/mol. The predicted molar refractivity (Wildman–Crippen MR) is 89.7 cm³/mol. The van der Waals surface area contributed by atoms with E-state index in [2.05, 4.69) is 9.88 Å². The lowest BCUT2D eigenvalue weighted by Crippen LogP contribution is -2.20. The molecule has 2 aromatic carbocycles. The summed E-state index contributed by atoms with van der Waals surface area (Å²) in [5.74, 6) is 1.00. The van der Waals surface area contributed by atoms with Crippen LogP contribution in [-0.4, -0.2) is 27.9 Å². The third kappa shape index (κ3) is 2.76. The van der Waals surface area contributed by atoms with Crippen molar-refractivity contribution in [3.05, 3.63) is 70.1 Å². The minimum atomic E-state index is -0.316. The van der Waals surface area contributed by atoms with Gasteiger partial charge in [-0.1, -0.05) is 30.3 Å². The fourth-order valence-corrected chi connectivity index (χ4v) is 3.31. The highest BCUT2D eigenvalue weighted by Gasteiger charge is 2.29. The number of rotatable bonds is 4. The van der Waals surface area contributed by atoms with E-state index in [-0.39, 0.29) is 16.5 Å². The van der Waals surface area contributed by atoms with Gasteiger partial charge in [0, 0.05) is 30.6 Å². The van der Waals surface area contributed by atoms with Crippen LogP contribution >= 0.6 is 0 Å². The highest BCUT2D eigenvalue weighted by atomic mass is 16.6. The van der Waals surface area contributed by atoms with E-state index in [4.69, 9.17) is 4.42 Å². The highest BCUT2D eigenvalue weighted by molar-refractivity contribution is 5.72. The number of benzene rings is 2. The second-order valence-electron chi connectivity index (χ2n) is 6.13. The van der Waals surface area contributed by atoms with E-state index in [1.54, 1.807) is 12.1 Å². The summed E-state index contributed by atoms with van der Waals surface area (Å²) < 4.78 is 5.87. The largest absolute Gasteiger partial charge is 0.440 e. The SMILES string of the molecule is O=[N+]([O-])c1ccccc1CN1CC[C@H](c2nc3ccccc3o2)C1. The van der Waals surface area contributed by atoms with E-state index in [9.17, 15) is 10.1 Å². The maximum atomic E-state index is 11.1. The molecule has 2 heterocycles. The summed E-state index contributed by atoms with van der Waals surface area (Å²) in [7, 11) is 0. The lowest BCUT2D eigenvalue weighted by atomic mass is 10.1. The quantitative estimate of drug-likeness (QED) is 0.540. The normalized spacial score (nSPS) is 18.2. The van der Waals surface area contributed by atoms with Crippen LogP contribution in [0.25, 0.3) is 11.1 Å². The summed E-state index contributed by atoms with van der Waals surface area (Å²) in [4.78, 5) is 17.6. The number of hydrogen-bond acceptors (Lipinski definition) is 5. The average Bonchev–Trinajstić information content (AvgIpc) is 3.21. The van der Waals surface area contributed by atoms with Crippen LogP contribution in [-0.2, 0) is 6.54 Å². The molecule has 1 fully saturated rings. The highest BCUT2D eigenvalue weighted by Crippen LogP contribution is 2.31. The zero-order chi connectivity index (χ0) is 16.5. The number of fused-ring (bicyclic) bond motifs is 1. The van der Waals surface area contributed by atoms with E-state index in [0.29, 0.717) is 6.54 Å². The van der Waals surface area contributed by atoms with Gasteiger partial charge in [-0.3, -0.25) is 15.0 Å². The Hall–Kier alpha value is -2.73. The second kappa shape index (κ2) is 6.05. The van der Waals surface area contributed by atoms with Crippen molar-refractivity contribution in [2.24, 2.45) is 0 Å². The monoisotopic (exact) mass is 323 g/mol. The summed E-state index contributed by atoms with van der Waals surface area (Å²) in [5.41, 5.74) is 2.62. The van der Waals surface area contributed by atoms with Crippen LogP contribution in [0, 0.1) is 10.1 Å². The number of hydrogen-bond donors (Lipinski definition) is 0. The maximum absolute atomic E-state index is 11.1. The van der Waals surface area contributed by atoms with Crippen molar-refractivity contribution in [1.29, 1.82) is 0 Å². The summed E-state index contributed by atoms with van der Waals surface area (Å²) >= 11 is 0. The minimum Gasteiger partial charge on any atom is -0.440 e. The van der Waals surface area contributed by atoms with Gasteiger partial charge < -0.3 is 4.42 Å². The van der Waals surface area contributed by atoms with Gasteiger partial charge in [-0.15, -0.1) is 0 Å². The number of para-hydroxylation sites is 3. The summed E-state index contributed by atoms with van der Waals surface area (Å²) in [5, 5.41) is 11.1. The molecule has 0 radical (unpaired) electrons. The third-order valence-electron chi connectivity index (χ3n) is 4.51. The standard InChI is InChI=1S/C18H17N3O3/c22-21(23)16-7-3-1-5-13(16)11-20-10-9-14(12-20)18-19-15-6-2-4-8-17(15)24-18/h1-8,14H,9-12H2/t14-/m0/s1. The van der Waals surface area contributed by atoms with Crippen LogP contribution in [0.2, 0.25) is 0 Å². The van der Waals surface area contributed by atoms with E-state index >= 15 is 0 Å². The van der Waals surface area contributed by atoms with Gasteiger partial charge in [-0.05, 0) is 25.1 Å². The Kier molecular flexibility index (Phi) is 3.74. The van der Waals surface area contributed by atoms with Gasteiger partial charge in [0.2, 0.25) is 0 Å². The van der Waals surface area contributed by atoms with Crippen LogP contribution < -0.4 is 0 Å². The lowest BCUT2D eigenvalue weighted by molar-refractivity contribution is -0.385. The number of aromatic nitrogens is 1. The van der Waals surface area contributed by atoms with Crippen LogP contribution in [0.1, 0.15) is 23.8 Å². The number of oxazole rings is 1. The van der Waals surface area contributed by atoms with Crippen LogP contribution in [0.15, 0.2) is 52.9 Å². The minimum absolute atomic E-state index is 0.183. The maximum Gasteiger partial charge on any atom is 0.273 e. The smallest absolute Gasteiger partial charge is 0.273 e. The Morgan fingerprint density at radius 1 is 1.21 bits per heavy atom. The molecule has 0 unspecified atom stereocenters. The fourth-order valence-electron chi connectivity index (χ4n) is 3.31. The molecule has 1 saturated heterocycles. The molecule has 0 bridgehead atoms. The Balaban J connectivity index is 1.50. The fraction of sp³-hybridized carbons (Fsp3) is 0.278. The molecule has 1 atom stereocenters. The molecule has 0 saturated carbocycles. The van der Waals surface area contributed by atoms with E-state index in [1.807, 2.05) is 36.4 Å². The van der Waals surface area contributed by atoms with Crippen molar-refractivity contribution in [1.82, 2.24) is 9.88 Å². The molecule has 1 aromatic heterocycles. The van der Waals surface area contributed by atoms with Crippen molar-refractivity contribution >= 4 is 16.8 Å². The van der Waals surface area contributed by atoms with Gasteiger partial charge >= 0.3 is 0 Å². The third-order valence-corrected chi connectivity index (χ3v) is 4.51. The van der Waals surface area contributed by atoms with E-state index < -0.39 is 0 Å². The van der Waals surface area contributed by atoms with Crippen LogP contribution in [0.3, 0.4) is 0 Å². The first-order chi connectivity index (χ1) is 11.7. The number of nitro benzene ring substituents is 1. The van der Waals surface area contributed by atoms with E-state index in [0.717, 1.165) is 42.1 Å². The van der Waals surface area contributed by atoms with Crippen molar-refractivity contribution in [3.8, 4) is 0 Å². The Morgan fingerprint density at radius 2 is 2.00 bits per heavy atom. The van der Waals surface area contributed by atoms with Crippen LogP contribution in [0.5, 0.6) is 0 Å². The molecule has 0 N–H and O–H groups in total. The van der Waals surface area contributed by atoms with Crippen molar-refractivity contribution in [3.63, 3.8) is 0 Å². The summed E-state index contributed by atoms with van der Waals surface area (Å²) in [6, 6.07) is 14.7. The Morgan fingerprint density at radius 3 is 2.83 bits per heavy atom. The van der Waals surface area contributed by atoms with E-state index in [1.165, 1.54) is 0 Å². The predicted octanol–water partition coefficient (Wildman–Crippen LogP) is 3.73. The molecule has 0 amide bonds. The van der Waals surface area contributed by atoms with Gasteiger partial charge in [0.15, 0.2) is 11.5 Å². The van der Waals surface area contributed by atoms with Gasteiger partial charge in [0.05, 0.1) is 4.92 Å². The Labute approximate surface area is 138 Å². The molecule has 1 aliphatic heterocycles. The molecule has 6 heteroatoms. The molecule has 0 aliphatic carbocycles. The van der Waals surface area contributed by atoms with Crippen molar-refractivity contribution in [2.75, 3.05) is 13.1 Å². The second-order valence-corrected chi connectivity index (χ2v) is 6.13. The molecule has 122 valence electrons. The lowest BCUT2D eigenvalue weighted by Gasteiger charge is -2.15. The molecule has 1 aliphatic rings.